The van der Waals surface area contributed by atoms with Crippen LogP contribution in [0.5, 0.6) is 0 Å². The topological polar surface area (TPSA) is 64.0 Å². The Labute approximate surface area is 159 Å². The van der Waals surface area contributed by atoms with Gasteiger partial charge in [0.2, 0.25) is 5.78 Å². The maximum Gasteiger partial charge on any atom is 0.256 e. The van der Waals surface area contributed by atoms with Crippen molar-refractivity contribution in [3.8, 4) is 5.69 Å². The number of anilines is 1. The zero-order valence-electron chi connectivity index (χ0n) is 14.2. The van der Waals surface area contributed by atoms with Gasteiger partial charge in [-0.1, -0.05) is 30.3 Å². The van der Waals surface area contributed by atoms with E-state index in [1.165, 1.54) is 11.3 Å². The summed E-state index contributed by atoms with van der Waals surface area (Å²) in [4.78, 5) is 30.2. The van der Waals surface area contributed by atoms with Gasteiger partial charge < -0.3 is 9.88 Å². The lowest BCUT2D eigenvalue weighted by molar-refractivity contribution is 0.0998. The van der Waals surface area contributed by atoms with Gasteiger partial charge in [-0.3, -0.25) is 9.59 Å². The molecule has 0 aliphatic rings. The molecule has 0 bridgehead atoms. The zero-order chi connectivity index (χ0) is 18.6. The van der Waals surface area contributed by atoms with Gasteiger partial charge in [0.25, 0.3) is 5.91 Å². The van der Waals surface area contributed by atoms with Crippen LogP contribution in [0.2, 0.25) is 0 Å². The third kappa shape index (κ3) is 3.56. The van der Waals surface area contributed by atoms with Gasteiger partial charge in [-0.05, 0) is 35.7 Å². The van der Waals surface area contributed by atoms with Gasteiger partial charge in [0.15, 0.2) is 0 Å². The molecule has 1 amide bonds. The number of ketones is 1. The van der Waals surface area contributed by atoms with Gasteiger partial charge in [0, 0.05) is 29.3 Å². The number of nitrogens with one attached hydrogen (secondary N) is 1. The number of carbonyl (C=O) groups is 2. The number of hydrogen-bond acceptors (Lipinski definition) is 4. The lowest BCUT2D eigenvalue weighted by Gasteiger charge is -2.10. The fourth-order valence-electron chi connectivity index (χ4n) is 2.77. The number of hydrogen-bond donors (Lipinski definition) is 1. The minimum atomic E-state index is -0.321. The first-order chi connectivity index (χ1) is 13.2. The largest absolute Gasteiger partial charge is 0.322 e. The fraction of sp³-hybridized carbons (Fsp3) is 0. The van der Waals surface area contributed by atoms with E-state index in [2.05, 4.69) is 10.3 Å². The predicted molar refractivity (Wildman–Crippen MR) is 106 cm³/mol. The molecule has 0 saturated carbocycles. The monoisotopic (exact) mass is 373 g/mol. The van der Waals surface area contributed by atoms with E-state index in [4.69, 9.17) is 0 Å². The van der Waals surface area contributed by atoms with E-state index in [0.29, 0.717) is 21.7 Å². The van der Waals surface area contributed by atoms with Gasteiger partial charge in [-0.15, -0.1) is 11.3 Å². The second-order valence-corrected chi connectivity index (χ2v) is 6.77. The van der Waals surface area contributed by atoms with Crippen LogP contribution in [0, 0.1) is 0 Å². The molecule has 2 aromatic heterocycles. The molecule has 1 N–H and O–H groups in total. The molecule has 5 nitrogen and oxygen atoms in total. The smallest absolute Gasteiger partial charge is 0.256 e. The molecule has 0 aliphatic heterocycles. The van der Waals surface area contributed by atoms with Crippen LogP contribution in [0.15, 0.2) is 84.8 Å². The lowest BCUT2D eigenvalue weighted by atomic mass is 10.0. The number of amides is 1. The van der Waals surface area contributed by atoms with Crippen LogP contribution < -0.4 is 5.32 Å². The highest BCUT2D eigenvalue weighted by Gasteiger charge is 2.18. The highest BCUT2D eigenvalue weighted by atomic mass is 32.1. The minimum Gasteiger partial charge on any atom is -0.322 e. The van der Waals surface area contributed by atoms with Gasteiger partial charge in [0.05, 0.1) is 16.8 Å². The zero-order valence-corrected chi connectivity index (χ0v) is 15.0. The standard InChI is InChI=1S/C21H15N3O2S/c25-20(19-9-4-12-27-19)17-7-1-2-8-18(17)21(26)23-15-5-3-6-16(13-15)24-11-10-22-14-24/h1-14H,(H,23,26). The number of nitrogens with zero attached hydrogens (tertiary/aromatic N) is 2. The Hall–Kier alpha value is -3.51. The van der Waals surface area contributed by atoms with E-state index < -0.39 is 0 Å². The van der Waals surface area contributed by atoms with Crippen LogP contribution in [0.25, 0.3) is 5.69 Å². The second kappa shape index (κ2) is 7.39. The van der Waals surface area contributed by atoms with Crippen LogP contribution >= 0.6 is 11.3 Å². The van der Waals surface area contributed by atoms with Crippen LogP contribution in [0.4, 0.5) is 5.69 Å². The Morgan fingerprint density at radius 2 is 1.81 bits per heavy atom. The number of rotatable bonds is 5. The molecular weight excluding hydrogens is 358 g/mol. The van der Waals surface area contributed by atoms with E-state index in [1.807, 2.05) is 46.5 Å². The SMILES string of the molecule is O=C(Nc1cccc(-n2ccnc2)c1)c1ccccc1C(=O)c1cccs1. The Morgan fingerprint density at radius 1 is 0.963 bits per heavy atom. The summed E-state index contributed by atoms with van der Waals surface area (Å²) >= 11 is 1.36. The van der Waals surface area contributed by atoms with Crippen LogP contribution in [0.1, 0.15) is 25.6 Å². The molecule has 2 heterocycles. The molecule has 0 radical (unpaired) electrons. The Morgan fingerprint density at radius 3 is 2.56 bits per heavy atom. The maximum atomic E-state index is 12.8. The highest BCUT2D eigenvalue weighted by Crippen LogP contribution is 2.20. The van der Waals surface area contributed by atoms with Crippen molar-refractivity contribution in [3.05, 3.63) is 101 Å². The summed E-state index contributed by atoms with van der Waals surface area (Å²) in [6, 6.07) is 17.9. The van der Waals surface area contributed by atoms with Crippen molar-refractivity contribution < 1.29 is 9.59 Å². The van der Waals surface area contributed by atoms with Gasteiger partial charge >= 0.3 is 0 Å². The molecule has 4 rings (SSSR count). The van der Waals surface area contributed by atoms with Crippen molar-refractivity contribution >= 4 is 28.7 Å². The molecule has 0 aliphatic carbocycles. The molecule has 132 valence electrons. The number of carbonyl (C=O) groups excluding carboxylic acids is 2. The number of benzene rings is 2. The van der Waals surface area contributed by atoms with Crippen molar-refractivity contribution in [2.75, 3.05) is 5.32 Å². The van der Waals surface area contributed by atoms with E-state index in [-0.39, 0.29) is 11.7 Å². The predicted octanol–water partition coefficient (Wildman–Crippen LogP) is 4.42. The van der Waals surface area contributed by atoms with E-state index in [9.17, 15) is 9.59 Å². The summed E-state index contributed by atoms with van der Waals surface area (Å²) in [5.74, 6) is -0.471. The highest BCUT2D eigenvalue weighted by molar-refractivity contribution is 7.12. The normalized spacial score (nSPS) is 10.5. The summed E-state index contributed by atoms with van der Waals surface area (Å²) in [6.07, 6.45) is 5.21. The molecule has 0 unspecified atom stereocenters. The second-order valence-electron chi connectivity index (χ2n) is 5.83. The first kappa shape index (κ1) is 16.9. The summed E-state index contributed by atoms with van der Waals surface area (Å²) in [7, 11) is 0. The van der Waals surface area contributed by atoms with E-state index in [1.54, 1.807) is 42.9 Å². The third-order valence-corrected chi connectivity index (χ3v) is 4.94. The summed E-state index contributed by atoms with van der Waals surface area (Å²) in [5, 5.41) is 4.72. The van der Waals surface area contributed by atoms with Crippen LogP contribution in [0.3, 0.4) is 0 Å². The Bertz CT molecular complexity index is 1090. The molecule has 4 aromatic rings. The minimum absolute atomic E-state index is 0.150. The lowest BCUT2D eigenvalue weighted by Crippen LogP contribution is -2.16. The fourth-order valence-corrected chi connectivity index (χ4v) is 3.45. The number of thiophene rings is 1. The van der Waals surface area contributed by atoms with E-state index in [0.717, 1.165) is 5.69 Å². The van der Waals surface area contributed by atoms with Crippen molar-refractivity contribution in [2.45, 2.75) is 0 Å². The molecule has 6 heteroatoms. The first-order valence-corrected chi connectivity index (χ1v) is 9.17. The van der Waals surface area contributed by atoms with Crippen LogP contribution in [-0.4, -0.2) is 21.2 Å². The van der Waals surface area contributed by atoms with Gasteiger partial charge in [0.1, 0.15) is 0 Å². The average molecular weight is 373 g/mol. The maximum absolute atomic E-state index is 12.8. The molecule has 0 atom stereocenters. The Kier molecular flexibility index (Phi) is 4.63. The third-order valence-electron chi connectivity index (χ3n) is 4.07. The number of imidazole rings is 1. The van der Waals surface area contributed by atoms with Gasteiger partial charge in [-0.2, -0.15) is 0 Å². The van der Waals surface area contributed by atoms with Gasteiger partial charge in [-0.25, -0.2) is 4.98 Å². The Balaban J connectivity index is 1.61. The summed E-state index contributed by atoms with van der Waals surface area (Å²) < 4.78 is 1.85. The molecule has 0 saturated heterocycles. The van der Waals surface area contributed by atoms with E-state index >= 15 is 0 Å². The van der Waals surface area contributed by atoms with Crippen molar-refractivity contribution in [3.63, 3.8) is 0 Å². The van der Waals surface area contributed by atoms with Crippen molar-refractivity contribution in [1.82, 2.24) is 9.55 Å². The first-order valence-electron chi connectivity index (χ1n) is 8.29. The molecular formula is C21H15N3O2S. The molecule has 27 heavy (non-hydrogen) atoms. The van der Waals surface area contributed by atoms with Crippen molar-refractivity contribution in [1.29, 1.82) is 0 Å². The quantitative estimate of drug-likeness (QED) is 0.527. The summed E-state index contributed by atoms with van der Waals surface area (Å²) in [5.41, 5.74) is 2.27. The molecule has 2 aromatic carbocycles. The summed E-state index contributed by atoms with van der Waals surface area (Å²) in [6.45, 7) is 0. The number of aromatic nitrogens is 2. The van der Waals surface area contributed by atoms with Crippen molar-refractivity contribution in [2.24, 2.45) is 0 Å². The van der Waals surface area contributed by atoms with Crippen LogP contribution in [-0.2, 0) is 0 Å². The average Bonchev–Trinajstić information content (AvgIpc) is 3.41. The molecule has 0 spiro atoms. The molecule has 0 fully saturated rings.